The number of carbonyl (C=O) groups excluding carboxylic acids is 1. The number of carboxylic acid groups (broad SMARTS) is 1. The van der Waals surface area contributed by atoms with E-state index in [1.807, 2.05) is 0 Å². The number of amides is 1. The molecule has 0 bridgehead atoms. The Morgan fingerprint density at radius 2 is 1.64 bits per heavy atom. The van der Waals surface area contributed by atoms with Crippen LogP contribution in [0, 0.1) is 0 Å². The Labute approximate surface area is 188 Å². The van der Waals surface area contributed by atoms with Gasteiger partial charge in [0.15, 0.2) is 18.7 Å². The highest BCUT2D eigenvalue weighted by Crippen LogP contribution is 2.32. The first kappa shape index (κ1) is 27.7. The number of ether oxygens (including phenoxy) is 5. The van der Waals surface area contributed by atoms with E-state index in [9.17, 15) is 43.0 Å². The fourth-order valence-electron chi connectivity index (χ4n) is 3.64. The number of carboxylic acids is 1. The fourth-order valence-corrected chi connectivity index (χ4v) is 4.16. The monoisotopic (exact) mass is 505 g/mol. The molecule has 2 aliphatic rings. The highest BCUT2D eigenvalue weighted by Gasteiger charge is 2.54. The Balaban J connectivity index is 2.48. The minimum absolute atomic E-state index is 0.661. The van der Waals surface area contributed by atoms with E-state index in [0.29, 0.717) is 0 Å². The lowest BCUT2D eigenvalue weighted by Crippen LogP contribution is -2.68. The molecule has 16 nitrogen and oxygen atoms in total. The van der Waals surface area contributed by atoms with Crippen LogP contribution in [0.3, 0.4) is 0 Å². The lowest BCUT2D eigenvalue weighted by molar-refractivity contribution is -0.338. The van der Waals surface area contributed by atoms with Gasteiger partial charge >= 0.3 is 16.4 Å². The normalized spacial score (nSPS) is 39.7. The molecular weight excluding hydrogens is 478 g/mol. The molecule has 17 heteroatoms. The molecule has 2 heterocycles. The lowest BCUT2D eigenvalue weighted by atomic mass is 9.95. The van der Waals surface area contributed by atoms with Crippen LogP contribution < -0.4 is 5.32 Å². The van der Waals surface area contributed by atoms with Gasteiger partial charge in [-0.2, -0.15) is 8.42 Å². The van der Waals surface area contributed by atoms with E-state index in [0.717, 1.165) is 14.0 Å². The van der Waals surface area contributed by atoms with Crippen LogP contribution in [0.25, 0.3) is 0 Å². The fraction of sp³-hybridized carbons (Fsp3) is 0.875. The second kappa shape index (κ2) is 11.3. The van der Waals surface area contributed by atoms with Crippen molar-refractivity contribution in [2.45, 2.75) is 68.3 Å². The van der Waals surface area contributed by atoms with Crippen molar-refractivity contribution in [2.24, 2.45) is 0 Å². The molecule has 1 amide bonds. The highest BCUT2D eigenvalue weighted by atomic mass is 32.3. The van der Waals surface area contributed by atoms with Crippen LogP contribution in [-0.2, 0) is 47.9 Å². The van der Waals surface area contributed by atoms with E-state index >= 15 is 0 Å². The largest absolute Gasteiger partial charge is 0.479 e. The number of aliphatic carboxylic acids is 1. The Morgan fingerprint density at radius 1 is 1.00 bits per heavy atom. The predicted octanol–water partition coefficient (Wildman–Crippen LogP) is -4.03. The molecule has 0 spiro atoms. The first-order valence-electron chi connectivity index (χ1n) is 9.49. The third-order valence-corrected chi connectivity index (χ3v) is 5.48. The van der Waals surface area contributed by atoms with Crippen molar-refractivity contribution < 1.29 is 70.9 Å². The molecule has 0 radical (unpaired) electrons. The van der Waals surface area contributed by atoms with Crippen molar-refractivity contribution in [3.05, 3.63) is 0 Å². The zero-order chi connectivity index (χ0) is 25.1. The summed E-state index contributed by atoms with van der Waals surface area (Å²) in [5.74, 6) is -2.28. The molecule has 6 N–H and O–H groups in total. The second-order valence-electron chi connectivity index (χ2n) is 7.22. The van der Waals surface area contributed by atoms with E-state index in [1.54, 1.807) is 0 Å². The molecular formula is C16H27NO15S. The number of rotatable bonds is 9. The van der Waals surface area contributed by atoms with Gasteiger partial charge in [-0.1, -0.05) is 0 Å². The van der Waals surface area contributed by atoms with E-state index in [-0.39, 0.29) is 0 Å². The maximum absolute atomic E-state index is 11.8. The minimum Gasteiger partial charge on any atom is -0.479 e. The number of aliphatic hydroxyl groups is 3. The summed E-state index contributed by atoms with van der Waals surface area (Å²) in [5, 5.41) is 42.0. The molecule has 2 saturated heterocycles. The molecule has 0 aromatic rings. The second-order valence-corrected chi connectivity index (χ2v) is 8.27. The van der Waals surface area contributed by atoms with Gasteiger partial charge in [-0.3, -0.25) is 9.35 Å². The molecule has 2 rings (SSSR count). The Bertz CT molecular complexity index is 793. The first-order valence-corrected chi connectivity index (χ1v) is 10.9. The van der Waals surface area contributed by atoms with Gasteiger partial charge in [-0.25, -0.2) is 8.98 Å². The summed E-state index contributed by atoms with van der Waals surface area (Å²) in [7, 11) is -2.92. The number of hydrogen-bond acceptors (Lipinski definition) is 13. The van der Waals surface area contributed by atoms with Crippen molar-refractivity contribution in [3.63, 3.8) is 0 Å². The number of carbonyl (C=O) groups is 2. The summed E-state index contributed by atoms with van der Waals surface area (Å²) in [6.45, 7) is 0.238. The van der Waals surface area contributed by atoms with Crippen molar-refractivity contribution in [1.82, 2.24) is 5.32 Å². The van der Waals surface area contributed by atoms with E-state index in [2.05, 4.69) is 9.50 Å². The van der Waals surface area contributed by atoms with Gasteiger partial charge in [0.1, 0.15) is 42.7 Å². The van der Waals surface area contributed by atoms with Crippen LogP contribution in [-0.4, -0.2) is 127 Å². The van der Waals surface area contributed by atoms with Crippen molar-refractivity contribution >= 4 is 22.3 Å². The molecule has 10 unspecified atom stereocenters. The Kier molecular flexibility index (Phi) is 9.48. The average Bonchev–Trinajstić information content (AvgIpc) is 2.70. The van der Waals surface area contributed by atoms with Crippen LogP contribution in [0.4, 0.5) is 0 Å². The van der Waals surface area contributed by atoms with Crippen LogP contribution in [0.2, 0.25) is 0 Å². The third kappa shape index (κ3) is 6.55. The molecule has 33 heavy (non-hydrogen) atoms. The van der Waals surface area contributed by atoms with Gasteiger partial charge in [-0.15, -0.1) is 0 Å². The summed E-state index contributed by atoms with van der Waals surface area (Å²) < 4.78 is 62.9. The minimum atomic E-state index is -5.17. The Morgan fingerprint density at radius 3 is 2.09 bits per heavy atom. The molecule has 192 valence electrons. The third-order valence-electron chi connectivity index (χ3n) is 5.01. The smallest absolute Gasteiger partial charge is 0.397 e. The number of nitrogens with one attached hydrogen (secondary N) is 1. The van der Waals surface area contributed by atoms with Gasteiger partial charge < -0.3 is 49.4 Å². The topological polar surface area (TPSA) is 237 Å². The number of methoxy groups -OCH3 is 2. The zero-order valence-electron chi connectivity index (χ0n) is 17.7. The molecule has 10 atom stereocenters. The summed E-state index contributed by atoms with van der Waals surface area (Å²) in [6.07, 6.45) is -15.3. The standard InChI is InChI=1S/C16H27NO15S/c1-5(19)17-7-11(10(32-33(24,25)26)6(4-18)29-15(7)28-3)30-16-9(21)12(27-2)8(20)13(31-16)14(22)23/h6-13,15-16,18,20-21H,4H2,1-3H3,(H,17,19)(H,22,23)(H,24,25,26). The van der Waals surface area contributed by atoms with Crippen LogP contribution in [0.5, 0.6) is 0 Å². The van der Waals surface area contributed by atoms with E-state index in [1.165, 1.54) is 7.11 Å². The van der Waals surface area contributed by atoms with Crippen LogP contribution in [0.15, 0.2) is 0 Å². The van der Waals surface area contributed by atoms with Gasteiger partial charge in [-0.05, 0) is 0 Å². The zero-order valence-corrected chi connectivity index (χ0v) is 18.5. The molecule has 0 aromatic carbocycles. The maximum atomic E-state index is 11.8. The predicted molar refractivity (Wildman–Crippen MR) is 101 cm³/mol. The van der Waals surface area contributed by atoms with Crippen molar-refractivity contribution in [1.29, 1.82) is 0 Å². The lowest BCUT2D eigenvalue weighted by Gasteiger charge is -2.47. The highest BCUT2D eigenvalue weighted by molar-refractivity contribution is 7.80. The number of hydrogen-bond donors (Lipinski definition) is 6. The van der Waals surface area contributed by atoms with Gasteiger partial charge in [0.2, 0.25) is 5.91 Å². The molecule has 2 fully saturated rings. The Hall–Kier alpha value is -1.51. The first-order chi connectivity index (χ1) is 15.3. The average molecular weight is 505 g/mol. The van der Waals surface area contributed by atoms with Crippen molar-refractivity contribution in [3.8, 4) is 0 Å². The maximum Gasteiger partial charge on any atom is 0.397 e. The van der Waals surface area contributed by atoms with E-state index in [4.69, 9.17) is 23.7 Å². The molecule has 0 saturated carbocycles. The van der Waals surface area contributed by atoms with E-state index < -0.39 is 90.2 Å². The van der Waals surface area contributed by atoms with Crippen LogP contribution >= 0.6 is 0 Å². The van der Waals surface area contributed by atoms with Crippen LogP contribution in [0.1, 0.15) is 6.92 Å². The van der Waals surface area contributed by atoms with Gasteiger partial charge in [0.25, 0.3) is 0 Å². The summed E-state index contributed by atoms with van der Waals surface area (Å²) >= 11 is 0. The van der Waals surface area contributed by atoms with Gasteiger partial charge in [0, 0.05) is 21.1 Å². The summed E-state index contributed by atoms with van der Waals surface area (Å²) in [4.78, 5) is 23.2. The quantitative estimate of drug-likeness (QED) is 0.164. The summed E-state index contributed by atoms with van der Waals surface area (Å²) in [5.41, 5.74) is 0. The number of aliphatic hydroxyl groups excluding tert-OH is 3. The molecule has 2 aliphatic heterocycles. The summed E-state index contributed by atoms with van der Waals surface area (Å²) in [6, 6.07) is -1.37. The van der Waals surface area contributed by atoms with Crippen molar-refractivity contribution in [2.75, 3.05) is 20.8 Å². The molecule has 0 aromatic heterocycles. The molecule has 0 aliphatic carbocycles. The SMILES string of the molecule is COC1OC(CO)C(OS(=O)(=O)O)C(OC2OC(C(=O)O)C(O)C(OC)C2O)C1NC(C)=O. The van der Waals surface area contributed by atoms with Gasteiger partial charge in [0.05, 0.1) is 6.61 Å².